The van der Waals surface area contributed by atoms with Crippen LogP contribution in [-0.2, 0) is 0 Å². The predicted molar refractivity (Wildman–Crippen MR) is 67.4 cm³/mol. The first-order valence-corrected chi connectivity index (χ1v) is 6.46. The van der Waals surface area contributed by atoms with Crippen molar-refractivity contribution >= 4 is 0 Å². The molecule has 0 saturated carbocycles. The first-order valence-electron chi connectivity index (χ1n) is 6.46. The number of allylic oxidation sites excluding steroid dienone is 3. The van der Waals surface area contributed by atoms with Crippen molar-refractivity contribution in [1.29, 1.82) is 0 Å². The molecule has 16 heavy (non-hydrogen) atoms. The van der Waals surface area contributed by atoms with Crippen LogP contribution in [0.4, 0.5) is 0 Å². The quantitative estimate of drug-likeness (QED) is 0.791. The summed E-state index contributed by atoms with van der Waals surface area (Å²) in [6.07, 6.45) is 12.3. The van der Waals surface area contributed by atoms with Gasteiger partial charge in [-0.3, -0.25) is 0 Å². The normalized spacial score (nSPS) is 25.5. The zero-order chi connectivity index (χ0) is 11.4. The van der Waals surface area contributed by atoms with Gasteiger partial charge >= 0.3 is 0 Å². The summed E-state index contributed by atoms with van der Waals surface area (Å²) in [5.74, 6) is 0. The Bertz CT molecular complexity index is 281. The van der Waals surface area contributed by atoms with Crippen LogP contribution in [0.15, 0.2) is 23.8 Å². The van der Waals surface area contributed by atoms with Crippen LogP contribution in [0.2, 0.25) is 0 Å². The smallest absolute Gasteiger partial charge is 0.0644 e. The van der Waals surface area contributed by atoms with Gasteiger partial charge in [0.05, 0.1) is 5.60 Å². The molecule has 1 saturated heterocycles. The summed E-state index contributed by atoms with van der Waals surface area (Å²) >= 11 is 0. The fourth-order valence-corrected chi connectivity index (χ4v) is 2.40. The summed E-state index contributed by atoms with van der Waals surface area (Å²) in [6, 6.07) is 0. The van der Waals surface area contributed by atoms with Gasteiger partial charge in [-0.2, -0.15) is 0 Å². The number of nitrogens with zero attached hydrogens (tertiary/aromatic N) is 1. The van der Waals surface area contributed by atoms with Gasteiger partial charge < -0.3 is 10.0 Å². The molecule has 2 heteroatoms. The second-order valence-corrected chi connectivity index (χ2v) is 5.35. The summed E-state index contributed by atoms with van der Waals surface area (Å²) in [5, 5.41) is 9.86. The third-order valence-electron chi connectivity index (χ3n) is 3.72. The van der Waals surface area contributed by atoms with Crippen LogP contribution >= 0.6 is 0 Å². The monoisotopic (exact) mass is 221 g/mol. The molecule has 1 heterocycles. The molecule has 0 bridgehead atoms. The summed E-state index contributed by atoms with van der Waals surface area (Å²) in [5.41, 5.74) is 1.07. The van der Waals surface area contributed by atoms with Crippen molar-refractivity contribution < 1.29 is 5.11 Å². The predicted octanol–water partition coefficient (Wildman–Crippen LogP) is 2.50. The van der Waals surface area contributed by atoms with Crippen LogP contribution in [0, 0.1) is 0 Å². The van der Waals surface area contributed by atoms with E-state index in [9.17, 15) is 5.11 Å². The lowest BCUT2D eigenvalue weighted by Crippen LogP contribution is -2.42. The van der Waals surface area contributed by atoms with E-state index in [1.807, 2.05) is 6.92 Å². The minimum atomic E-state index is -0.416. The molecule has 0 atom stereocenters. The first-order chi connectivity index (χ1) is 7.66. The molecular formula is C14H23NO. The molecule has 0 radical (unpaired) electrons. The van der Waals surface area contributed by atoms with Crippen molar-refractivity contribution in [3.63, 3.8) is 0 Å². The van der Waals surface area contributed by atoms with E-state index in [0.29, 0.717) is 0 Å². The average molecular weight is 221 g/mol. The maximum atomic E-state index is 9.86. The van der Waals surface area contributed by atoms with Gasteiger partial charge in [0.2, 0.25) is 0 Å². The Morgan fingerprint density at radius 2 is 2.06 bits per heavy atom. The number of aliphatic hydroxyl groups is 1. The van der Waals surface area contributed by atoms with Gasteiger partial charge in [0.25, 0.3) is 0 Å². The summed E-state index contributed by atoms with van der Waals surface area (Å²) in [4.78, 5) is 2.47. The number of hydrogen-bond donors (Lipinski definition) is 1. The van der Waals surface area contributed by atoms with Crippen LogP contribution < -0.4 is 0 Å². The standard InChI is InChI=1S/C14H23NO/c1-14(16)8-11-15(12-9-14)10-7-13-5-3-2-4-6-13/h3,5-6,16H,2,4,7-12H2,1H3. The SMILES string of the molecule is CC1(O)CCN(CCC2=CCCC=C2)CC1. The highest BCUT2D eigenvalue weighted by Crippen LogP contribution is 2.22. The zero-order valence-electron chi connectivity index (χ0n) is 10.3. The summed E-state index contributed by atoms with van der Waals surface area (Å²) in [7, 11) is 0. The Labute approximate surface area is 98.6 Å². The zero-order valence-corrected chi connectivity index (χ0v) is 10.3. The molecule has 0 amide bonds. The molecule has 0 aromatic carbocycles. The molecule has 0 aromatic rings. The van der Waals surface area contributed by atoms with E-state index >= 15 is 0 Å². The lowest BCUT2D eigenvalue weighted by atomic mass is 9.93. The summed E-state index contributed by atoms with van der Waals surface area (Å²) in [6.45, 7) is 5.19. The van der Waals surface area contributed by atoms with Gasteiger partial charge in [0, 0.05) is 19.6 Å². The molecule has 0 unspecified atom stereocenters. The average Bonchev–Trinajstić information content (AvgIpc) is 2.29. The maximum absolute atomic E-state index is 9.86. The summed E-state index contributed by atoms with van der Waals surface area (Å²) < 4.78 is 0. The lowest BCUT2D eigenvalue weighted by Gasteiger charge is -2.35. The molecule has 2 nitrogen and oxygen atoms in total. The van der Waals surface area contributed by atoms with Crippen LogP contribution in [0.25, 0.3) is 0 Å². The second-order valence-electron chi connectivity index (χ2n) is 5.35. The topological polar surface area (TPSA) is 23.5 Å². The highest BCUT2D eigenvalue weighted by atomic mass is 16.3. The molecule has 0 aromatic heterocycles. The molecule has 1 fully saturated rings. The molecule has 2 aliphatic rings. The first kappa shape index (κ1) is 11.9. The van der Waals surface area contributed by atoms with Crippen LogP contribution in [0.1, 0.15) is 39.0 Å². The van der Waals surface area contributed by atoms with Gasteiger partial charge in [-0.15, -0.1) is 0 Å². The molecule has 1 N–H and O–H groups in total. The molecular weight excluding hydrogens is 198 g/mol. The van der Waals surface area contributed by atoms with Crippen molar-refractivity contribution in [2.45, 2.75) is 44.6 Å². The molecule has 0 spiro atoms. The van der Waals surface area contributed by atoms with Crippen molar-refractivity contribution in [3.05, 3.63) is 23.8 Å². The minimum Gasteiger partial charge on any atom is -0.390 e. The molecule has 1 aliphatic carbocycles. The van der Waals surface area contributed by atoms with E-state index in [1.165, 1.54) is 24.8 Å². The number of likely N-dealkylation sites (tertiary alicyclic amines) is 1. The Morgan fingerprint density at radius 3 is 2.69 bits per heavy atom. The lowest BCUT2D eigenvalue weighted by molar-refractivity contribution is -0.00487. The fourth-order valence-electron chi connectivity index (χ4n) is 2.40. The van der Waals surface area contributed by atoms with Crippen molar-refractivity contribution in [2.75, 3.05) is 19.6 Å². The van der Waals surface area contributed by atoms with E-state index < -0.39 is 5.60 Å². The van der Waals surface area contributed by atoms with Gasteiger partial charge in [0.15, 0.2) is 0 Å². The largest absolute Gasteiger partial charge is 0.390 e. The van der Waals surface area contributed by atoms with Gasteiger partial charge in [-0.25, -0.2) is 0 Å². The second kappa shape index (κ2) is 5.15. The van der Waals surface area contributed by atoms with Gasteiger partial charge in [-0.1, -0.05) is 23.8 Å². The highest BCUT2D eigenvalue weighted by Gasteiger charge is 2.26. The Balaban J connectivity index is 1.71. The molecule has 2 rings (SSSR count). The van der Waals surface area contributed by atoms with E-state index in [4.69, 9.17) is 0 Å². The minimum absolute atomic E-state index is 0.416. The highest BCUT2D eigenvalue weighted by molar-refractivity contribution is 5.22. The van der Waals surface area contributed by atoms with E-state index in [2.05, 4.69) is 23.1 Å². The van der Waals surface area contributed by atoms with Crippen molar-refractivity contribution in [1.82, 2.24) is 4.90 Å². The number of rotatable bonds is 3. The van der Waals surface area contributed by atoms with E-state index in [0.717, 1.165) is 32.5 Å². The van der Waals surface area contributed by atoms with Crippen LogP contribution in [-0.4, -0.2) is 35.2 Å². The Hall–Kier alpha value is -0.600. The van der Waals surface area contributed by atoms with Crippen LogP contribution in [0.3, 0.4) is 0 Å². The maximum Gasteiger partial charge on any atom is 0.0644 e. The third-order valence-corrected chi connectivity index (χ3v) is 3.72. The van der Waals surface area contributed by atoms with Gasteiger partial charge in [-0.05, 0) is 39.0 Å². The van der Waals surface area contributed by atoms with E-state index in [-0.39, 0.29) is 0 Å². The van der Waals surface area contributed by atoms with Crippen molar-refractivity contribution in [2.24, 2.45) is 0 Å². The Kier molecular flexibility index (Phi) is 3.82. The fraction of sp³-hybridized carbons (Fsp3) is 0.714. The van der Waals surface area contributed by atoms with Gasteiger partial charge in [0.1, 0.15) is 0 Å². The number of piperidine rings is 1. The molecule has 90 valence electrons. The Morgan fingerprint density at radius 1 is 1.31 bits per heavy atom. The number of hydrogen-bond acceptors (Lipinski definition) is 2. The van der Waals surface area contributed by atoms with E-state index in [1.54, 1.807) is 0 Å². The van der Waals surface area contributed by atoms with Crippen molar-refractivity contribution in [3.8, 4) is 0 Å². The molecule has 1 aliphatic heterocycles. The third kappa shape index (κ3) is 3.46. The van der Waals surface area contributed by atoms with Crippen LogP contribution in [0.5, 0.6) is 0 Å².